The monoisotopic (exact) mass is 228 g/mol. The van der Waals surface area contributed by atoms with Gasteiger partial charge in [0.25, 0.3) is 0 Å². The van der Waals surface area contributed by atoms with E-state index < -0.39 is 11.5 Å². The van der Waals surface area contributed by atoms with Crippen molar-refractivity contribution in [2.24, 2.45) is 5.73 Å². The third-order valence-electron chi connectivity index (χ3n) is 2.89. The number of carbonyl (C=O) groups is 2. The maximum absolute atomic E-state index is 12.0. The van der Waals surface area contributed by atoms with Crippen molar-refractivity contribution in [2.75, 3.05) is 6.54 Å². The van der Waals surface area contributed by atoms with Gasteiger partial charge in [-0.2, -0.15) is 0 Å². The van der Waals surface area contributed by atoms with Gasteiger partial charge in [0.1, 0.15) is 0 Å². The van der Waals surface area contributed by atoms with Crippen LogP contribution in [0.1, 0.15) is 39.5 Å². The van der Waals surface area contributed by atoms with Gasteiger partial charge in [-0.15, -0.1) is 0 Å². The van der Waals surface area contributed by atoms with Gasteiger partial charge in [-0.3, -0.25) is 9.59 Å². The highest BCUT2D eigenvalue weighted by molar-refractivity contribution is 5.89. The van der Waals surface area contributed by atoms with Crippen LogP contribution in [0.5, 0.6) is 0 Å². The van der Waals surface area contributed by atoms with Gasteiger partial charge in [0.2, 0.25) is 5.91 Å². The minimum atomic E-state index is -0.829. The first-order valence-electron chi connectivity index (χ1n) is 5.68. The summed E-state index contributed by atoms with van der Waals surface area (Å²) in [5.74, 6) is -0.863. The Labute approximate surface area is 95.6 Å². The van der Waals surface area contributed by atoms with Crippen molar-refractivity contribution >= 4 is 11.9 Å². The zero-order chi connectivity index (χ0) is 12.3. The first-order valence-corrected chi connectivity index (χ1v) is 5.68. The molecule has 0 unspecified atom stereocenters. The van der Waals surface area contributed by atoms with Crippen LogP contribution < -0.4 is 5.73 Å². The first-order chi connectivity index (χ1) is 7.37. The van der Waals surface area contributed by atoms with E-state index in [1.165, 1.54) is 0 Å². The van der Waals surface area contributed by atoms with E-state index >= 15 is 0 Å². The molecule has 5 nitrogen and oxygen atoms in total. The topological polar surface area (TPSA) is 83.6 Å². The van der Waals surface area contributed by atoms with Crippen LogP contribution in [0.4, 0.5) is 0 Å². The van der Waals surface area contributed by atoms with Gasteiger partial charge in [0.15, 0.2) is 0 Å². The SMILES string of the molecule is CC(C)N(CCCC(=O)O)C(=O)C1(N)CC1. The van der Waals surface area contributed by atoms with Crippen LogP contribution in [0.2, 0.25) is 0 Å². The minimum absolute atomic E-state index is 0.0344. The molecule has 1 fully saturated rings. The van der Waals surface area contributed by atoms with E-state index in [2.05, 4.69) is 0 Å². The van der Waals surface area contributed by atoms with E-state index in [0.717, 1.165) is 12.8 Å². The molecule has 0 saturated heterocycles. The lowest BCUT2D eigenvalue weighted by Gasteiger charge is -2.29. The van der Waals surface area contributed by atoms with Crippen molar-refractivity contribution in [3.8, 4) is 0 Å². The second kappa shape index (κ2) is 4.82. The van der Waals surface area contributed by atoms with E-state index in [1.807, 2.05) is 13.8 Å². The zero-order valence-corrected chi connectivity index (χ0v) is 9.90. The van der Waals surface area contributed by atoms with Gasteiger partial charge in [0.05, 0.1) is 5.54 Å². The maximum Gasteiger partial charge on any atom is 0.303 e. The molecule has 0 aromatic rings. The standard InChI is InChI=1S/C11H20N2O3/c1-8(2)13(7-3-4-9(14)15)10(16)11(12)5-6-11/h8H,3-7,12H2,1-2H3,(H,14,15). The second-order valence-electron chi connectivity index (χ2n) is 4.75. The van der Waals surface area contributed by atoms with Crippen LogP contribution in [0.25, 0.3) is 0 Å². The third-order valence-corrected chi connectivity index (χ3v) is 2.89. The molecule has 0 atom stereocenters. The third kappa shape index (κ3) is 3.20. The number of hydrogen-bond acceptors (Lipinski definition) is 3. The lowest BCUT2D eigenvalue weighted by Crippen LogP contribution is -2.49. The van der Waals surface area contributed by atoms with Crippen molar-refractivity contribution in [1.29, 1.82) is 0 Å². The van der Waals surface area contributed by atoms with Gasteiger partial charge in [-0.1, -0.05) is 0 Å². The molecule has 1 aliphatic rings. The second-order valence-corrected chi connectivity index (χ2v) is 4.75. The summed E-state index contributed by atoms with van der Waals surface area (Å²) in [5.41, 5.74) is 5.19. The fourth-order valence-corrected chi connectivity index (χ4v) is 1.63. The molecule has 1 saturated carbocycles. The van der Waals surface area contributed by atoms with Gasteiger partial charge in [-0.25, -0.2) is 0 Å². The number of nitrogens with zero attached hydrogens (tertiary/aromatic N) is 1. The van der Waals surface area contributed by atoms with Crippen LogP contribution in [-0.2, 0) is 9.59 Å². The van der Waals surface area contributed by atoms with Crippen LogP contribution in [0, 0.1) is 0 Å². The number of carboxylic acids is 1. The zero-order valence-electron chi connectivity index (χ0n) is 9.90. The van der Waals surface area contributed by atoms with E-state index in [9.17, 15) is 9.59 Å². The summed E-state index contributed by atoms with van der Waals surface area (Å²) in [5, 5.41) is 8.55. The number of amides is 1. The molecular weight excluding hydrogens is 208 g/mol. The lowest BCUT2D eigenvalue weighted by atomic mass is 10.2. The lowest BCUT2D eigenvalue weighted by molar-refractivity contribution is -0.139. The molecular formula is C11H20N2O3. The van der Waals surface area contributed by atoms with Crippen molar-refractivity contribution in [1.82, 2.24) is 4.90 Å². The normalized spacial score (nSPS) is 17.2. The quantitative estimate of drug-likeness (QED) is 0.696. The van der Waals surface area contributed by atoms with Crippen LogP contribution in [0.15, 0.2) is 0 Å². The van der Waals surface area contributed by atoms with Gasteiger partial charge >= 0.3 is 5.97 Å². The smallest absolute Gasteiger partial charge is 0.303 e. The summed E-state index contributed by atoms with van der Waals surface area (Å²) in [6.45, 7) is 4.32. The summed E-state index contributed by atoms with van der Waals surface area (Å²) in [6, 6.07) is 0.0716. The predicted molar refractivity (Wildman–Crippen MR) is 59.9 cm³/mol. The molecule has 0 bridgehead atoms. The number of rotatable bonds is 6. The molecule has 0 aromatic carbocycles. The Bertz CT molecular complexity index is 285. The van der Waals surface area contributed by atoms with Crippen molar-refractivity contribution in [2.45, 2.75) is 51.1 Å². The van der Waals surface area contributed by atoms with Crippen molar-refractivity contribution < 1.29 is 14.7 Å². The van der Waals surface area contributed by atoms with Crippen molar-refractivity contribution in [3.05, 3.63) is 0 Å². The molecule has 1 aliphatic carbocycles. The van der Waals surface area contributed by atoms with Crippen LogP contribution >= 0.6 is 0 Å². The minimum Gasteiger partial charge on any atom is -0.481 e. The highest BCUT2D eigenvalue weighted by atomic mass is 16.4. The molecule has 92 valence electrons. The summed E-state index contributed by atoms with van der Waals surface area (Å²) >= 11 is 0. The number of nitrogens with two attached hydrogens (primary N) is 1. The Morgan fingerprint density at radius 3 is 2.38 bits per heavy atom. The molecule has 0 spiro atoms. The molecule has 5 heteroatoms. The number of carboxylic acid groups (broad SMARTS) is 1. The van der Waals surface area contributed by atoms with Crippen molar-refractivity contribution in [3.63, 3.8) is 0 Å². The molecule has 0 aromatic heterocycles. The maximum atomic E-state index is 12.0. The molecule has 16 heavy (non-hydrogen) atoms. The van der Waals surface area contributed by atoms with Crippen LogP contribution in [-0.4, -0.2) is 40.0 Å². The van der Waals surface area contributed by atoms with Crippen LogP contribution in [0.3, 0.4) is 0 Å². The Balaban J connectivity index is 2.47. The van der Waals surface area contributed by atoms with E-state index in [1.54, 1.807) is 4.90 Å². The number of carbonyl (C=O) groups excluding carboxylic acids is 1. The average molecular weight is 228 g/mol. The molecule has 0 heterocycles. The van der Waals surface area contributed by atoms with E-state index in [0.29, 0.717) is 13.0 Å². The Kier molecular flexibility index (Phi) is 3.91. The highest BCUT2D eigenvalue weighted by Gasteiger charge is 2.48. The Morgan fingerprint density at radius 1 is 1.44 bits per heavy atom. The van der Waals surface area contributed by atoms with E-state index in [-0.39, 0.29) is 18.4 Å². The average Bonchev–Trinajstić information content (AvgIpc) is 2.90. The van der Waals surface area contributed by atoms with Gasteiger partial charge in [0, 0.05) is 19.0 Å². The predicted octanol–water partition coefficient (Wildman–Crippen LogP) is 0.579. The first kappa shape index (κ1) is 13.0. The summed E-state index contributed by atoms with van der Waals surface area (Å²) in [7, 11) is 0. The Morgan fingerprint density at radius 2 is 2.00 bits per heavy atom. The highest BCUT2D eigenvalue weighted by Crippen LogP contribution is 2.34. The van der Waals surface area contributed by atoms with Gasteiger partial charge < -0.3 is 15.7 Å². The van der Waals surface area contributed by atoms with E-state index in [4.69, 9.17) is 10.8 Å². The molecule has 0 radical (unpaired) electrons. The summed E-state index contributed by atoms with van der Waals surface area (Å²) in [4.78, 5) is 24.1. The fourth-order valence-electron chi connectivity index (χ4n) is 1.63. The summed E-state index contributed by atoms with van der Waals surface area (Å²) < 4.78 is 0. The molecule has 1 amide bonds. The number of hydrogen-bond donors (Lipinski definition) is 2. The number of aliphatic carboxylic acids is 1. The largest absolute Gasteiger partial charge is 0.481 e. The molecule has 3 N–H and O–H groups in total. The molecule has 0 aliphatic heterocycles. The molecule has 1 rings (SSSR count). The summed E-state index contributed by atoms with van der Waals surface area (Å²) in [6.07, 6.45) is 2.06. The fraction of sp³-hybridized carbons (Fsp3) is 0.818. The Hall–Kier alpha value is -1.10. The van der Waals surface area contributed by atoms with Gasteiger partial charge in [-0.05, 0) is 33.1 Å².